The van der Waals surface area contributed by atoms with Crippen molar-refractivity contribution in [1.29, 1.82) is 0 Å². The molecule has 0 N–H and O–H groups in total. The van der Waals surface area contributed by atoms with E-state index in [1.165, 1.54) is 6.07 Å². The summed E-state index contributed by atoms with van der Waals surface area (Å²) in [6.07, 6.45) is 3.70. The van der Waals surface area contributed by atoms with Gasteiger partial charge in [0.1, 0.15) is 11.6 Å². The third-order valence-corrected chi connectivity index (χ3v) is 3.82. The van der Waals surface area contributed by atoms with Crippen LogP contribution in [0, 0.1) is 10.7 Å². The summed E-state index contributed by atoms with van der Waals surface area (Å²) in [5.74, 6) is -0.0989. The highest BCUT2D eigenvalue weighted by atomic mass is 127. The molecule has 0 spiro atoms. The van der Waals surface area contributed by atoms with Gasteiger partial charge in [-0.1, -0.05) is 18.2 Å². The molecule has 0 saturated heterocycles. The van der Waals surface area contributed by atoms with Gasteiger partial charge in [0.05, 0.1) is 0 Å². The highest BCUT2D eigenvalue weighted by Crippen LogP contribution is 2.28. The second-order valence-corrected chi connectivity index (χ2v) is 5.97. The monoisotopic (exact) mass is 371 g/mol. The number of ketones is 1. The van der Waals surface area contributed by atoms with Crippen LogP contribution in [0.1, 0.15) is 30.4 Å². The number of allylic oxidation sites excluding steroid dienone is 2. The maximum absolute atomic E-state index is 14.0. The third kappa shape index (κ3) is 3.71. The van der Waals surface area contributed by atoms with Crippen LogP contribution in [0.5, 0.6) is 0 Å². The molecule has 0 fully saturated rings. The van der Waals surface area contributed by atoms with Crippen molar-refractivity contribution in [3.8, 4) is 0 Å². The lowest BCUT2D eigenvalue weighted by atomic mass is 9.84. The van der Waals surface area contributed by atoms with E-state index >= 15 is 0 Å². The minimum Gasteiger partial charge on any atom is -0.299 e. The lowest BCUT2D eigenvalue weighted by molar-refractivity contribution is -0.118. The van der Waals surface area contributed by atoms with Crippen LogP contribution >= 0.6 is 22.4 Å². The fraction of sp³-hybridized carbons (Fsp3) is 0.308. The number of carbonyl (C=O) groups is 1. The average Bonchev–Trinajstić information content (AvgIpc) is 2.40. The quantitative estimate of drug-likeness (QED) is 0.460. The maximum Gasteiger partial charge on any atom is 0.409 e. The van der Waals surface area contributed by atoms with Crippen LogP contribution in [-0.4, -0.2) is 10.5 Å². The Balaban J connectivity index is 2.20. The van der Waals surface area contributed by atoms with Crippen LogP contribution in [-0.2, 0) is 11.1 Å². The van der Waals surface area contributed by atoms with Crippen molar-refractivity contribution in [2.24, 2.45) is 5.09 Å². The number of nitroso groups, excluding NO2 is 1. The SMILES string of the molecule is O=NB(I)Cc1ccc(C2=CCC(=O)CC2)c(F)c1. The molecule has 1 aromatic carbocycles. The van der Waals surface area contributed by atoms with Crippen LogP contribution in [0.25, 0.3) is 5.57 Å². The molecule has 0 aliphatic heterocycles. The molecule has 0 heterocycles. The lowest BCUT2D eigenvalue weighted by Gasteiger charge is -2.13. The molecule has 6 heteroatoms. The number of rotatable bonds is 4. The molecule has 1 aromatic rings. The first-order valence-electron chi connectivity index (χ1n) is 6.06. The molecular formula is C13H12BFINO2. The zero-order valence-electron chi connectivity index (χ0n) is 10.2. The standard InChI is InChI=1S/C13H12BFINO2/c15-13-7-9(8-14(16)17-19)1-6-12(13)10-2-4-11(18)5-3-10/h1-2,6-7H,3-5,8H2. The van der Waals surface area contributed by atoms with Gasteiger partial charge in [-0.05, 0) is 29.9 Å². The van der Waals surface area contributed by atoms with E-state index in [9.17, 15) is 14.1 Å². The van der Waals surface area contributed by atoms with Crippen LogP contribution in [0.15, 0.2) is 29.4 Å². The molecule has 0 atom stereocenters. The molecule has 3 nitrogen and oxygen atoms in total. The van der Waals surface area contributed by atoms with E-state index in [1.807, 2.05) is 28.4 Å². The van der Waals surface area contributed by atoms with Crippen molar-refractivity contribution in [3.63, 3.8) is 0 Å². The molecule has 0 amide bonds. The van der Waals surface area contributed by atoms with Gasteiger partial charge in [0.25, 0.3) is 0 Å². The van der Waals surface area contributed by atoms with Gasteiger partial charge in [-0.25, -0.2) is 4.39 Å². The summed E-state index contributed by atoms with van der Waals surface area (Å²) < 4.78 is 13.7. The summed E-state index contributed by atoms with van der Waals surface area (Å²) in [4.78, 5) is 21.5. The Morgan fingerprint density at radius 2 is 2.16 bits per heavy atom. The van der Waals surface area contributed by atoms with E-state index in [0.717, 1.165) is 11.1 Å². The molecule has 19 heavy (non-hydrogen) atoms. The second kappa shape index (κ2) is 6.41. The van der Waals surface area contributed by atoms with Gasteiger partial charge in [-0.2, -0.15) is 4.91 Å². The molecule has 0 saturated carbocycles. The number of carbonyl (C=O) groups excluding carboxylic acids is 1. The van der Waals surface area contributed by atoms with Crippen molar-refractivity contribution >= 4 is 38.4 Å². The first kappa shape index (κ1) is 14.4. The Hall–Kier alpha value is -1.05. The summed E-state index contributed by atoms with van der Waals surface area (Å²) in [6, 6.07) is 4.98. The fourth-order valence-corrected chi connectivity index (χ4v) is 2.65. The first-order chi connectivity index (χ1) is 9.10. The number of hydrogen-bond acceptors (Lipinski definition) is 3. The highest BCUT2D eigenvalue weighted by Gasteiger charge is 2.17. The predicted octanol–water partition coefficient (Wildman–Crippen LogP) is 3.73. The summed E-state index contributed by atoms with van der Waals surface area (Å²) in [5, 5.41) is 2.90. The van der Waals surface area contributed by atoms with Gasteiger partial charge in [0.15, 0.2) is 0 Å². The Bertz CT molecular complexity index is 547. The largest absolute Gasteiger partial charge is 0.409 e. The lowest BCUT2D eigenvalue weighted by Crippen LogP contribution is -2.06. The van der Waals surface area contributed by atoms with Gasteiger partial charge in [0, 0.05) is 18.4 Å². The normalized spacial score (nSPS) is 15.1. The first-order valence-corrected chi connectivity index (χ1v) is 7.31. The number of nitrogens with zero attached hydrogens (tertiary/aromatic N) is 1. The van der Waals surface area contributed by atoms with Crippen molar-refractivity contribution in [3.05, 3.63) is 46.1 Å². The zero-order valence-corrected chi connectivity index (χ0v) is 12.4. The van der Waals surface area contributed by atoms with Crippen molar-refractivity contribution in [2.75, 3.05) is 0 Å². The van der Waals surface area contributed by atoms with Crippen molar-refractivity contribution in [2.45, 2.75) is 25.6 Å². The van der Waals surface area contributed by atoms with Crippen LogP contribution < -0.4 is 0 Å². The summed E-state index contributed by atoms with van der Waals surface area (Å²) in [7, 11) is 0. The smallest absolute Gasteiger partial charge is 0.299 e. The molecular weight excluding hydrogens is 359 g/mol. The molecule has 1 aliphatic rings. The highest BCUT2D eigenvalue weighted by molar-refractivity contribution is 14.1. The van der Waals surface area contributed by atoms with Gasteiger partial charge in [0.2, 0.25) is 0 Å². The molecule has 0 unspecified atom stereocenters. The third-order valence-electron chi connectivity index (χ3n) is 3.15. The van der Waals surface area contributed by atoms with Crippen molar-refractivity contribution < 1.29 is 9.18 Å². The van der Waals surface area contributed by atoms with E-state index in [-0.39, 0.29) is 16.3 Å². The number of benzene rings is 1. The Morgan fingerprint density at radius 3 is 2.74 bits per heavy atom. The Labute approximate surface area is 124 Å². The van der Waals surface area contributed by atoms with E-state index in [0.29, 0.717) is 31.1 Å². The molecule has 0 aromatic heterocycles. The predicted molar refractivity (Wildman–Crippen MR) is 82.5 cm³/mol. The van der Waals surface area contributed by atoms with E-state index in [2.05, 4.69) is 5.09 Å². The summed E-state index contributed by atoms with van der Waals surface area (Å²) in [6.45, 7) is 0. The Kier molecular flexibility index (Phi) is 4.84. The number of Topliss-reactive ketones (excluding diaryl/α,β-unsaturated/α-hetero) is 1. The van der Waals surface area contributed by atoms with Crippen LogP contribution in [0.4, 0.5) is 4.39 Å². The average molecular weight is 371 g/mol. The topological polar surface area (TPSA) is 46.5 Å². The van der Waals surface area contributed by atoms with Gasteiger partial charge < -0.3 is 0 Å². The fourth-order valence-electron chi connectivity index (χ4n) is 2.14. The minimum atomic E-state index is -0.380. The van der Waals surface area contributed by atoms with E-state index < -0.39 is 0 Å². The molecule has 0 bridgehead atoms. The minimum absolute atomic E-state index is 0.200. The molecule has 0 radical (unpaired) electrons. The van der Waals surface area contributed by atoms with Crippen LogP contribution in [0.3, 0.4) is 0 Å². The zero-order chi connectivity index (χ0) is 13.8. The Morgan fingerprint density at radius 1 is 1.37 bits per heavy atom. The maximum atomic E-state index is 14.0. The second-order valence-electron chi connectivity index (χ2n) is 4.53. The van der Waals surface area contributed by atoms with E-state index in [1.54, 1.807) is 12.1 Å². The van der Waals surface area contributed by atoms with Gasteiger partial charge in [-0.3, -0.25) is 4.79 Å². The summed E-state index contributed by atoms with van der Waals surface area (Å²) >= 11 is 1.92. The number of halogens is 2. The van der Waals surface area contributed by atoms with E-state index in [4.69, 9.17) is 0 Å². The van der Waals surface area contributed by atoms with Crippen LogP contribution in [0.2, 0.25) is 0 Å². The number of hydrogen-bond donors (Lipinski definition) is 0. The van der Waals surface area contributed by atoms with Gasteiger partial charge >= 0.3 is 4.70 Å². The molecule has 2 rings (SSSR count). The summed E-state index contributed by atoms with van der Waals surface area (Å²) in [5.41, 5.74) is 2.20. The van der Waals surface area contributed by atoms with Crippen molar-refractivity contribution in [1.82, 2.24) is 0 Å². The van der Waals surface area contributed by atoms with Gasteiger partial charge in [-0.15, -0.1) is 27.5 Å². The molecule has 98 valence electrons. The molecule has 1 aliphatic carbocycles.